The molecule has 0 saturated carbocycles. The minimum atomic E-state index is -0.329. The Morgan fingerprint density at radius 2 is 1.69 bits per heavy atom. The smallest absolute Gasteiger partial charge is 0.200 e. The van der Waals surface area contributed by atoms with Gasteiger partial charge in [-0.3, -0.25) is 0 Å². The summed E-state index contributed by atoms with van der Waals surface area (Å²) in [7, 11) is 2.19. The number of ether oxygens (including phenoxy) is 1. The number of benzene rings is 3. The van der Waals surface area contributed by atoms with Gasteiger partial charge in [0.15, 0.2) is 0 Å². The zero-order valence-corrected chi connectivity index (χ0v) is 16.7. The summed E-state index contributed by atoms with van der Waals surface area (Å²) in [5, 5.41) is 10.0. The summed E-state index contributed by atoms with van der Waals surface area (Å²) in [5.41, 5.74) is 3.32. The Morgan fingerprint density at radius 1 is 0.931 bits per heavy atom. The van der Waals surface area contributed by atoms with Gasteiger partial charge in [0.05, 0.1) is 11.8 Å². The first-order chi connectivity index (χ1) is 14.2. The fourth-order valence-corrected chi connectivity index (χ4v) is 5.07. The minimum Gasteiger partial charge on any atom is -0.466 e. The monoisotopic (exact) mass is 383 g/mol. The van der Waals surface area contributed by atoms with E-state index in [1.165, 1.54) is 27.6 Å². The standard InChI is InChI=1S/C25H25N3O/c1-27-14-12-25(13-15-27)28-23(21-8-4-5-9-24(21)29-25)17-22(26-28)20-11-10-18-6-2-3-7-19(18)16-20/h2-11,16,23H,12-15,17H2,1H3/t23-/m1/s1. The van der Waals surface area contributed by atoms with Crippen molar-refractivity contribution in [3.63, 3.8) is 0 Å². The average Bonchev–Trinajstić information content (AvgIpc) is 3.22. The molecule has 3 aliphatic rings. The van der Waals surface area contributed by atoms with Crippen LogP contribution in [0.2, 0.25) is 0 Å². The summed E-state index contributed by atoms with van der Waals surface area (Å²) in [6.45, 7) is 2.07. The molecule has 0 aliphatic carbocycles. The molecule has 4 heteroatoms. The van der Waals surface area contributed by atoms with E-state index in [2.05, 4.69) is 83.7 Å². The Hall–Kier alpha value is -2.85. The van der Waals surface area contributed by atoms with Gasteiger partial charge in [-0.25, -0.2) is 5.01 Å². The Balaban J connectivity index is 1.44. The summed E-state index contributed by atoms with van der Waals surface area (Å²) < 4.78 is 6.67. The number of hydrazone groups is 1. The third kappa shape index (κ3) is 2.66. The van der Waals surface area contributed by atoms with Gasteiger partial charge in [0.1, 0.15) is 5.75 Å². The van der Waals surface area contributed by atoms with E-state index in [4.69, 9.17) is 9.84 Å². The highest BCUT2D eigenvalue weighted by molar-refractivity contribution is 6.04. The molecule has 1 fully saturated rings. The second-order valence-electron chi connectivity index (χ2n) is 8.56. The van der Waals surface area contributed by atoms with Gasteiger partial charge in [-0.2, -0.15) is 5.10 Å². The first kappa shape index (κ1) is 17.0. The summed E-state index contributed by atoms with van der Waals surface area (Å²) in [6, 6.07) is 24.0. The lowest BCUT2D eigenvalue weighted by atomic mass is 9.90. The van der Waals surface area contributed by atoms with Gasteiger partial charge in [-0.1, -0.05) is 54.6 Å². The molecule has 1 saturated heterocycles. The second kappa shape index (κ2) is 6.33. The van der Waals surface area contributed by atoms with Crippen molar-refractivity contribution in [3.8, 4) is 5.75 Å². The Bertz CT molecular complexity index is 1110. The van der Waals surface area contributed by atoms with Crippen molar-refractivity contribution in [2.24, 2.45) is 5.10 Å². The van der Waals surface area contributed by atoms with Crippen LogP contribution in [0.4, 0.5) is 0 Å². The molecule has 0 bridgehead atoms. The van der Waals surface area contributed by atoms with Gasteiger partial charge in [-0.05, 0) is 35.5 Å². The maximum atomic E-state index is 6.67. The van der Waals surface area contributed by atoms with Crippen molar-refractivity contribution >= 4 is 16.5 Å². The molecule has 1 spiro atoms. The largest absolute Gasteiger partial charge is 0.466 e. The van der Waals surface area contributed by atoms with Crippen LogP contribution in [0.1, 0.15) is 36.4 Å². The third-order valence-corrected chi connectivity index (χ3v) is 6.76. The molecule has 3 aromatic rings. The number of fused-ring (bicyclic) bond motifs is 5. The molecular formula is C25H25N3O. The molecule has 146 valence electrons. The second-order valence-corrected chi connectivity index (χ2v) is 8.56. The van der Waals surface area contributed by atoms with Gasteiger partial charge in [0, 0.05) is 37.9 Å². The van der Waals surface area contributed by atoms with E-state index in [9.17, 15) is 0 Å². The first-order valence-corrected chi connectivity index (χ1v) is 10.5. The van der Waals surface area contributed by atoms with Crippen molar-refractivity contribution in [1.82, 2.24) is 9.91 Å². The number of para-hydroxylation sites is 1. The molecule has 4 nitrogen and oxygen atoms in total. The van der Waals surface area contributed by atoms with E-state index in [0.717, 1.165) is 38.1 Å². The highest BCUT2D eigenvalue weighted by atomic mass is 16.5. The van der Waals surface area contributed by atoms with Gasteiger partial charge >= 0.3 is 0 Å². The molecule has 0 aromatic heterocycles. The van der Waals surface area contributed by atoms with E-state index in [-0.39, 0.29) is 11.8 Å². The molecule has 3 heterocycles. The van der Waals surface area contributed by atoms with Crippen molar-refractivity contribution in [2.45, 2.75) is 31.0 Å². The van der Waals surface area contributed by atoms with Gasteiger partial charge < -0.3 is 9.64 Å². The van der Waals surface area contributed by atoms with Crippen molar-refractivity contribution in [1.29, 1.82) is 0 Å². The maximum Gasteiger partial charge on any atom is 0.200 e. The van der Waals surface area contributed by atoms with Crippen LogP contribution in [0.15, 0.2) is 71.8 Å². The molecular weight excluding hydrogens is 358 g/mol. The van der Waals surface area contributed by atoms with E-state index < -0.39 is 0 Å². The van der Waals surface area contributed by atoms with Crippen LogP contribution in [0.5, 0.6) is 5.75 Å². The average molecular weight is 383 g/mol. The lowest BCUT2D eigenvalue weighted by Crippen LogP contribution is -2.58. The summed E-state index contributed by atoms with van der Waals surface area (Å²) >= 11 is 0. The van der Waals surface area contributed by atoms with E-state index in [1.54, 1.807) is 0 Å². The van der Waals surface area contributed by atoms with Crippen molar-refractivity contribution in [2.75, 3.05) is 20.1 Å². The quantitative estimate of drug-likeness (QED) is 0.604. The minimum absolute atomic E-state index is 0.254. The SMILES string of the molecule is CN1CCC2(CC1)Oc1ccccc1[C@H]1CC(c3ccc4ccccc4c3)=NN12. The summed E-state index contributed by atoms with van der Waals surface area (Å²) in [5.74, 6) is 1.04. The Morgan fingerprint density at radius 3 is 2.55 bits per heavy atom. The molecule has 0 unspecified atom stereocenters. The predicted octanol–water partition coefficient (Wildman–Crippen LogP) is 4.81. The number of nitrogens with zero attached hydrogens (tertiary/aromatic N) is 3. The number of rotatable bonds is 1. The Labute approximate surface area is 171 Å². The van der Waals surface area contributed by atoms with Gasteiger partial charge in [-0.15, -0.1) is 0 Å². The van der Waals surface area contributed by atoms with Crippen LogP contribution >= 0.6 is 0 Å². The highest BCUT2D eigenvalue weighted by Crippen LogP contribution is 2.49. The normalized spacial score (nSPS) is 22.9. The fraction of sp³-hybridized carbons (Fsp3) is 0.320. The number of likely N-dealkylation sites (tertiary alicyclic amines) is 1. The molecule has 29 heavy (non-hydrogen) atoms. The number of hydrogen-bond donors (Lipinski definition) is 0. The van der Waals surface area contributed by atoms with Crippen LogP contribution in [-0.2, 0) is 0 Å². The van der Waals surface area contributed by atoms with Crippen LogP contribution < -0.4 is 4.74 Å². The Kier molecular flexibility index (Phi) is 3.72. The van der Waals surface area contributed by atoms with Crippen LogP contribution in [-0.4, -0.2) is 41.5 Å². The van der Waals surface area contributed by atoms with Crippen LogP contribution in [0.3, 0.4) is 0 Å². The molecule has 3 aliphatic heterocycles. The number of piperidine rings is 1. The zero-order valence-electron chi connectivity index (χ0n) is 16.7. The summed E-state index contributed by atoms with van der Waals surface area (Å²) in [4.78, 5) is 2.38. The zero-order chi connectivity index (χ0) is 19.4. The maximum absolute atomic E-state index is 6.67. The van der Waals surface area contributed by atoms with Crippen molar-refractivity contribution in [3.05, 3.63) is 77.9 Å². The highest BCUT2D eigenvalue weighted by Gasteiger charge is 2.51. The lowest BCUT2D eigenvalue weighted by molar-refractivity contribution is -0.147. The number of hydrogen-bond acceptors (Lipinski definition) is 4. The molecule has 0 amide bonds. The van der Waals surface area contributed by atoms with Gasteiger partial charge in [0.25, 0.3) is 0 Å². The topological polar surface area (TPSA) is 28.1 Å². The molecule has 3 aromatic carbocycles. The molecule has 1 atom stereocenters. The molecule has 0 N–H and O–H groups in total. The predicted molar refractivity (Wildman–Crippen MR) is 116 cm³/mol. The third-order valence-electron chi connectivity index (χ3n) is 6.76. The van der Waals surface area contributed by atoms with E-state index in [1.807, 2.05) is 0 Å². The van der Waals surface area contributed by atoms with Crippen LogP contribution in [0.25, 0.3) is 10.8 Å². The first-order valence-electron chi connectivity index (χ1n) is 10.5. The fourth-order valence-electron chi connectivity index (χ4n) is 5.07. The van der Waals surface area contributed by atoms with E-state index >= 15 is 0 Å². The van der Waals surface area contributed by atoms with Gasteiger partial charge in [0.2, 0.25) is 5.72 Å². The van der Waals surface area contributed by atoms with Crippen molar-refractivity contribution < 1.29 is 4.74 Å². The lowest BCUT2D eigenvalue weighted by Gasteiger charge is -2.50. The molecule has 0 radical (unpaired) electrons. The van der Waals surface area contributed by atoms with Crippen LogP contribution in [0, 0.1) is 0 Å². The summed E-state index contributed by atoms with van der Waals surface area (Å²) in [6.07, 6.45) is 2.88. The van der Waals surface area contributed by atoms with E-state index in [0.29, 0.717) is 0 Å². The molecule has 6 rings (SSSR count).